The molecule has 132 valence electrons. The van der Waals surface area contributed by atoms with E-state index in [2.05, 4.69) is 50.4 Å². The quantitative estimate of drug-likeness (QED) is 0.408. The molecule has 0 saturated carbocycles. The van der Waals surface area contributed by atoms with Crippen LogP contribution in [0.1, 0.15) is 90.2 Å². The average molecular weight is 320 g/mol. The largest absolute Gasteiger partial charge is 0.494 e. The van der Waals surface area contributed by atoms with Gasteiger partial charge < -0.3 is 10.1 Å². The lowest BCUT2D eigenvalue weighted by molar-refractivity contribution is 0.304. The fourth-order valence-corrected chi connectivity index (χ4v) is 2.74. The summed E-state index contributed by atoms with van der Waals surface area (Å²) in [7, 11) is 0. The predicted octanol–water partition coefficient (Wildman–Crippen LogP) is 6.27. The summed E-state index contributed by atoms with van der Waals surface area (Å²) < 4.78 is 5.83. The van der Waals surface area contributed by atoms with Crippen LogP contribution in [-0.2, 0) is 0 Å². The van der Waals surface area contributed by atoms with E-state index in [9.17, 15) is 0 Å². The molecule has 0 saturated heterocycles. The maximum atomic E-state index is 5.83. The van der Waals surface area contributed by atoms with E-state index in [1.54, 1.807) is 0 Å². The van der Waals surface area contributed by atoms with Gasteiger partial charge in [0, 0.05) is 6.04 Å². The summed E-state index contributed by atoms with van der Waals surface area (Å²) in [5, 5.41) is 3.61. The molecule has 0 heterocycles. The lowest BCUT2D eigenvalue weighted by Crippen LogP contribution is -2.19. The van der Waals surface area contributed by atoms with Crippen LogP contribution in [0.15, 0.2) is 24.3 Å². The summed E-state index contributed by atoms with van der Waals surface area (Å²) in [6.45, 7) is 8.69. The van der Waals surface area contributed by atoms with E-state index < -0.39 is 0 Å². The number of nitrogens with one attached hydrogen (secondary N) is 1. The predicted molar refractivity (Wildman–Crippen MR) is 101 cm³/mol. The number of unbranched alkanes of at least 4 members (excludes halogenated alkanes) is 7. The summed E-state index contributed by atoms with van der Waals surface area (Å²) in [6, 6.07) is 9.01. The Balaban J connectivity index is 2.18. The monoisotopic (exact) mass is 319 g/mol. The summed E-state index contributed by atoms with van der Waals surface area (Å²) in [5.41, 5.74) is 1.34. The molecule has 23 heavy (non-hydrogen) atoms. The molecule has 0 aromatic heterocycles. The minimum absolute atomic E-state index is 0.416. The van der Waals surface area contributed by atoms with E-state index >= 15 is 0 Å². The van der Waals surface area contributed by atoms with Crippen LogP contribution in [0.5, 0.6) is 5.75 Å². The number of hydrogen-bond acceptors (Lipinski definition) is 2. The van der Waals surface area contributed by atoms with E-state index in [-0.39, 0.29) is 0 Å². The Morgan fingerprint density at radius 2 is 1.43 bits per heavy atom. The minimum atomic E-state index is 0.416. The van der Waals surface area contributed by atoms with Crippen LogP contribution in [0, 0.1) is 0 Å². The molecule has 2 heteroatoms. The molecule has 0 spiro atoms. The first-order valence-corrected chi connectivity index (χ1v) is 9.74. The molecule has 0 bridgehead atoms. The Labute approximate surface area is 144 Å². The van der Waals surface area contributed by atoms with Crippen LogP contribution in [0.3, 0.4) is 0 Å². The van der Waals surface area contributed by atoms with Crippen molar-refractivity contribution in [3.8, 4) is 5.75 Å². The van der Waals surface area contributed by atoms with Gasteiger partial charge in [0.2, 0.25) is 0 Å². The summed E-state index contributed by atoms with van der Waals surface area (Å²) in [6.07, 6.45) is 11.7. The molecule has 1 rings (SSSR count). The molecule has 1 aromatic carbocycles. The number of benzene rings is 1. The van der Waals surface area contributed by atoms with Crippen LogP contribution in [0.4, 0.5) is 0 Å². The second-order valence-electron chi connectivity index (χ2n) is 6.57. The van der Waals surface area contributed by atoms with Crippen LogP contribution < -0.4 is 10.1 Å². The van der Waals surface area contributed by atoms with Gasteiger partial charge in [-0.25, -0.2) is 0 Å². The number of rotatable bonds is 14. The second-order valence-corrected chi connectivity index (χ2v) is 6.57. The van der Waals surface area contributed by atoms with Gasteiger partial charge in [0.15, 0.2) is 0 Å². The molecule has 0 aliphatic heterocycles. The van der Waals surface area contributed by atoms with E-state index in [4.69, 9.17) is 4.74 Å². The van der Waals surface area contributed by atoms with Gasteiger partial charge in [-0.3, -0.25) is 0 Å². The lowest BCUT2D eigenvalue weighted by Gasteiger charge is -2.15. The van der Waals surface area contributed by atoms with E-state index in [0.717, 1.165) is 25.3 Å². The van der Waals surface area contributed by atoms with Crippen molar-refractivity contribution in [3.05, 3.63) is 29.8 Å². The summed E-state index contributed by atoms with van der Waals surface area (Å²) in [4.78, 5) is 0. The Bertz CT molecular complexity index is 374. The maximum absolute atomic E-state index is 5.83. The van der Waals surface area contributed by atoms with Gasteiger partial charge in [-0.15, -0.1) is 0 Å². The smallest absolute Gasteiger partial charge is 0.119 e. The molecule has 1 atom stereocenters. The van der Waals surface area contributed by atoms with Gasteiger partial charge in [0.1, 0.15) is 5.75 Å². The SMILES string of the molecule is CCCCCCCOc1ccc(C(C)NCCCCCC)cc1. The average Bonchev–Trinajstić information content (AvgIpc) is 2.58. The van der Waals surface area contributed by atoms with Crippen molar-refractivity contribution in [1.82, 2.24) is 5.32 Å². The molecule has 0 radical (unpaired) electrons. The maximum Gasteiger partial charge on any atom is 0.119 e. The zero-order valence-electron chi connectivity index (χ0n) is 15.6. The van der Waals surface area contributed by atoms with Crippen molar-refractivity contribution in [2.75, 3.05) is 13.2 Å². The third-order valence-corrected chi connectivity index (χ3v) is 4.38. The highest BCUT2D eigenvalue weighted by Crippen LogP contribution is 2.18. The van der Waals surface area contributed by atoms with Crippen LogP contribution in [0.25, 0.3) is 0 Å². The Hall–Kier alpha value is -1.02. The van der Waals surface area contributed by atoms with Gasteiger partial charge in [-0.05, 0) is 44.0 Å². The molecular weight excluding hydrogens is 282 g/mol. The van der Waals surface area contributed by atoms with Gasteiger partial charge in [0.25, 0.3) is 0 Å². The highest BCUT2D eigenvalue weighted by atomic mass is 16.5. The Morgan fingerprint density at radius 3 is 2.09 bits per heavy atom. The first kappa shape index (κ1) is 20.0. The van der Waals surface area contributed by atoms with E-state index in [1.807, 2.05) is 0 Å². The molecule has 0 aliphatic rings. The van der Waals surface area contributed by atoms with Crippen LogP contribution >= 0.6 is 0 Å². The molecule has 1 unspecified atom stereocenters. The van der Waals surface area contributed by atoms with Gasteiger partial charge in [0.05, 0.1) is 6.61 Å². The van der Waals surface area contributed by atoms with E-state index in [0.29, 0.717) is 6.04 Å². The van der Waals surface area contributed by atoms with Gasteiger partial charge in [-0.1, -0.05) is 70.9 Å². The molecule has 1 N–H and O–H groups in total. The van der Waals surface area contributed by atoms with E-state index in [1.165, 1.54) is 56.9 Å². The fraction of sp³-hybridized carbons (Fsp3) is 0.714. The third-order valence-electron chi connectivity index (χ3n) is 4.38. The molecule has 1 aromatic rings. The fourth-order valence-electron chi connectivity index (χ4n) is 2.74. The summed E-state index contributed by atoms with van der Waals surface area (Å²) >= 11 is 0. The topological polar surface area (TPSA) is 21.3 Å². The van der Waals surface area contributed by atoms with Crippen molar-refractivity contribution in [3.63, 3.8) is 0 Å². The van der Waals surface area contributed by atoms with Crippen molar-refractivity contribution in [2.45, 2.75) is 84.6 Å². The standard InChI is InChI=1S/C21H37NO/c1-4-6-8-10-12-18-23-21-15-13-20(14-16-21)19(3)22-17-11-9-7-5-2/h13-16,19,22H,4-12,17-18H2,1-3H3. The second kappa shape index (κ2) is 13.4. The van der Waals surface area contributed by atoms with Crippen molar-refractivity contribution < 1.29 is 4.74 Å². The van der Waals surface area contributed by atoms with Gasteiger partial charge in [-0.2, -0.15) is 0 Å². The normalized spacial score (nSPS) is 12.3. The lowest BCUT2D eigenvalue weighted by atomic mass is 10.1. The minimum Gasteiger partial charge on any atom is -0.494 e. The van der Waals surface area contributed by atoms with Crippen molar-refractivity contribution in [2.24, 2.45) is 0 Å². The van der Waals surface area contributed by atoms with Crippen molar-refractivity contribution in [1.29, 1.82) is 0 Å². The van der Waals surface area contributed by atoms with Crippen LogP contribution in [-0.4, -0.2) is 13.2 Å². The zero-order valence-corrected chi connectivity index (χ0v) is 15.6. The molecule has 2 nitrogen and oxygen atoms in total. The zero-order chi connectivity index (χ0) is 16.8. The first-order chi connectivity index (χ1) is 11.3. The third kappa shape index (κ3) is 9.65. The summed E-state index contributed by atoms with van der Waals surface area (Å²) in [5.74, 6) is 0.999. The number of hydrogen-bond donors (Lipinski definition) is 1. The molecule has 0 amide bonds. The van der Waals surface area contributed by atoms with Gasteiger partial charge >= 0.3 is 0 Å². The molecule has 0 aliphatic carbocycles. The molecule has 0 fully saturated rings. The first-order valence-electron chi connectivity index (χ1n) is 9.74. The van der Waals surface area contributed by atoms with Crippen LogP contribution in [0.2, 0.25) is 0 Å². The molecular formula is C21H37NO. The highest BCUT2D eigenvalue weighted by molar-refractivity contribution is 5.28. The highest BCUT2D eigenvalue weighted by Gasteiger charge is 2.04. The number of ether oxygens (including phenoxy) is 1. The Kier molecular flexibility index (Phi) is 11.7. The van der Waals surface area contributed by atoms with Crippen molar-refractivity contribution >= 4 is 0 Å². The Morgan fingerprint density at radius 1 is 0.826 bits per heavy atom.